The van der Waals surface area contributed by atoms with E-state index in [2.05, 4.69) is 89.5 Å². The van der Waals surface area contributed by atoms with Gasteiger partial charge in [0.2, 0.25) is 0 Å². The highest BCUT2D eigenvalue weighted by atomic mass is 35.5. The molecule has 0 saturated carbocycles. The number of nitrogens with zero attached hydrogens (tertiary/aromatic N) is 1. The van der Waals surface area contributed by atoms with Crippen LogP contribution >= 0.6 is 11.6 Å². The van der Waals surface area contributed by atoms with Crippen LogP contribution in [0.5, 0.6) is 0 Å². The van der Waals surface area contributed by atoms with E-state index < -0.39 is 0 Å². The summed E-state index contributed by atoms with van der Waals surface area (Å²) in [6, 6.07) is 30.1. The van der Waals surface area contributed by atoms with E-state index in [0.717, 1.165) is 17.9 Å². The second kappa shape index (κ2) is 6.90. The lowest BCUT2D eigenvalue weighted by atomic mass is 9.95. The van der Waals surface area contributed by atoms with Crippen molar-refractivity contribution in [3.05, 3.63) is 108 Å². The summed E-state index contributed by atoms with van der Waals surface area (Å²) in [5, 5.41) is 6.00. The Morgan fingerprint density at radius 2 is 1.40 bits per heavy atom. The zero-order valence-electron chi connectivity index (χ0n) is 16.5. The zero-order chi connectivity index (χ0) is 20.1. The summed E-state index contributed by atoms with van der Waals surface area (Å²) in [5.41, 5.74) is 6.54. The van der Waals surface area contributed by atoms with E-state index >= 15 is 0 Å². The molecule has 1 aromatic heterocycles. The molecule has 1 heterocycles. The molecule has 0 spiro atoms. The van der Waals surface area contributed by atoms with Crippen LogP contribution in [0.4, 0.5) is 0 Å². The van der Waals surface area contributed by atoms with Gasteiger partial charge in [-0.15, -0.1) is 0 Å². The molecule has 6 rings (SSSR count). The van der Waals surface area contributed by atoms with Crippen LogP contribution in [0, 0.1) is 0 Å². The van der Waals surface area contributed by atoms with E-state index in [1.807, 2.05) is 12.1 Å². The Morgan fingerprint density at radius 1 is 0.633 bits per heavy atom. The van der Waals surface area contributed by atoms with Crippen molar-refractivity contribution in [2.75, 3.05) is 0 Å². The molecule has 0 fully saturated rings. The molecule has 0 bridgehead atoms. The third-order valence-corrected chi connectivity index (χ3v) is 6.44. The van der Waals surface area contributed by atoms with Gasteiger partial charge >= 0.3 is 0 Å². The third kappa shape index (κ3) is 2.70. The first-order valence-corrected chi connectivity index (χ1v) is 10.7. The van der Waals surface area contributed by atoms with Crippen LogP contribution in [-0.2, 0) is 0 Å². The number of para-hydroxylation sites is 1. The van der Waals surface area contributed by atoms with Crippen molar-refractivity contribution < 1.29 is 0 Å². The molecule has 0 aliphatic heterocycles. The van der Waals surface area contributed by atoms with Gasteiger partial charge in [-0.1, -0.05) is 84.4 Å². The van der Waals surface area contributed by atoms with Gasteiger partial charge < -0.3 is 4.57 Å². The number of fused-ring (bicyclic) bond motifs is 5. The first-order chi connectivity index (χ1) is 14.8. The largest absolute Gasteiger partial charge is 0.312 e. The summed E-state index contributed by atoms with van der Waals surface area (Å²) >= 11 is 6.07. The molecular weight excluding hydrogens is 386 g/mol. The van der Waals surface area contributed by atoms with Crippen molar-refractivity contribution in [1.29, 1.82) is 0 Å². The van der Waals surface area contributed by atoms with E-state index in [1.54, 1.807) is 0 Å². The summed E-state index contributed by atoms with van der Waals surface area (Å²) in [5.74, 6) is 0. The Balaban J connectivity index is 1.60. The molecule has 0 radical (unpaired) electrons. The Hall–Kier alpha value is -3.29. The summed E-state index contributed by atoms with van der Waals surface area (Å²) in [4.78, 5) is 0. The van der Waals surface area contributed by atoms with Crippen molar-refractivity contribution in [3.8, 4) is 0 Å². The molecule has 2 heteroatoms. The van der Waals surface area contributed by atoms with Crippen LogP contribution in [0.1, 0.15) is 18.4 Å². The van der Waals surface area contributed by atoms with Crippen LogP contribution < -0.4 is 0 Å². The SMILES string of the molecule is Clc1ccc(C2=CC=C(n3c4ccccc4c4ccc5ccccc5c43)CC2)cc1. The molecular formula is C28H20ClN. The average molecular weight is 406 g/mol. The fourth-order valence-electron chi connectivity index (χ4n) is 4.75. The van der Waals surface area contributed by atoms with Crippen molar-refractivity contribution in [3.63, 3.8) is 0 Å². The Labute approximate surface area is 180 Å². The second-order valence-corrected chi connectivity index (χ2v) is 8.33. The van der Waals surface area contributed by atoms with Crippen molar-refractivity contribution in [1.82, 2.24) is 4.57 Å². The lowest BCUT2D eigenvalue weighted by Gasteiger charge is -2.18. The fourth-order valence-corrected chi connectivity index (χ4v) is 4.87. The lowest BCUT2D eigenvalue weighted by molar-refractivity contribution is 0.993. The van der Waals surface area contributed by atoms with Gasteiger partial charge in [0, 0.05) is 26.9 Å². The predicted molar refractivity (Wildman–Crippen MR) is 130 cm³/mol. The highest BCUT2D eigenvalue weighted by Gasteiger charge is 2.17. The minimum Gasteiger partial charge on any atom is -0.312 e. The summed E-state index contributed by atoms with van der Waals surface area (Å²) < 4.78 is 2.47. The van der Waals surface area contributed by atoms with Crippen LogP contribution in [-0.4, -0.2) is 4.57 Å². The Kier molecular flexibility index (Phi) is 4.04. The minimum atomic E-state index is 0.781. The van der Waals surface area contributed by atoms with Crippen molar-refractivity contribution in [2.24, 2.45) is 0 Å². The Bertz CT molecular complexity index is 1480. The monoisotopic (exact) mass is 405 g/mol. The number of benzene rings is 4. The van der Waals surface area contributed by atoms with E-state index in [4.69, 9.17) is 11.6 Å². The second-order valence-electron chi connectivity index (χ2n) is 7.89. The van der Waals surface area contributed by atoms with Crippen LogP contribution in [0.2, 0.25) is 5.02 Å². The predicted octanol–water partition coefficient (Wildman–Crippen LogP) is 8.32. The van der Waals surface area contributed by atoms with Gasteiger partial charge in [0.1, 0.15) is 0 Å². The molecule has 30 heavy (non-hydrogen) atoms. The first-order valence-electron chi connectivity index (χ1n) is 10.4. The van der Waals surface area contributed by atoms with Gasteiger partial charge in [0.05, 0.1) is 11.0 Å². The molecule has 0 N–H and O–H groups in total. The number of rotatable bonds is 2. The summed E-state index contributed by atoms with van der Waals surface area (Å²) in [7, 11) is 0. The van der Waals surface area contributed by atoms with Gasteiger partial charge in [-0.25, -0.2) is 0 Å². The maximum Gasteiger partial charge on any atom is 0.0616 e. The maximum absolute atomic E-state index is 6.07. The average Bonchev–Trinajstić information content (AvgIpc) is 3.15. The van der Waals surface area contributed by atoms with Crippen molar-refractivity contribution in [2.45, 2.75) is 12.8 Å². The molecule has 1 nitrogen and oxygen atoms in total. The topological polar surface area (TPSA) is 4.93 Å². The van der Waals surface area contributed by atoms with Crippen LogP contribution in [0.25, 0.3) is 43.8 Å². The van der Waals surface area contributed by atoms with E-state index in [1.165, 1.54) is 49.4 Å². The lowest BCUT2D eigenvalue weighted by Crippen LogP contribution is -2.01. The molecule has 1 aliphatic rings. The number of aromatic nitrogens is 1. The minimum absolute atomic E-state index is 0.781. The Morgan fingerprint density at radius 3 is 2.20 bits per heavy atom. The third-order valence-electron chi connectivity index (χ3n) is 6.19. The normalized spacial score (nSPS) is 14.3. The first kappa shape index (κ1) is 17.6. The highest BCUT2D eigenvalue weighted by molar-refractivity contribution is 6.30. The van der Waals surface area contributed by atoms with Crippen LogP contribution in [0.3, 0.4) is 0 Å². The van der Waals surface area contributed by atoms with E-state index in [0.29, 0.717) is 0 Å². The summed E-state index contributed by atoms with van der Waals surface area (Å²) in [6.45, 7) is 0. The molecule has 0 amide bonds. The number of allylic oxidation sites excluding steroid dienone is 4. The highest BCUT2D eigenvalue weighted by Crippen LogP contribution is 2.39. The van der Waals surface area contributed by atoms with E-state index in [-0.39, 0.29) is 0 Å². The maximum atomic E-state index is 6.07. The van der Waals surface area contributed by atoms with Gasteiger partial charge in [-0.3, -0.25) is 0 Å². The molecule has 144 valence electrons. The molecule has 0 atom stereocenters. The number of hydrogen-bond donors (Lipinski definition) is 0. The van der Waals surface area contributed by atoms with Gasteiger partial charge in [0.15, 0.2) is 0 Å². The standard InChI is InChI=1S/C28H20ClN/c29-22-14-9-19(10-15-22)20-11-16-23(17-12-20)30-27-8-4-3-7-25(27)26-18-13-21-5-1-2-6-24(21)28(26)30/h1-11,13-16,18H,12,17H2. The van der Waals surface area contributed by atoms with E-state index in [9.17, 15) is 0 Å². The van der Waals surface area contributed by atoms with Gasteiger partial charge in [-0.05, 0) is 53.6 Å². The number of halogens is 1. The zero-order valence-corrected chi connectivity index (χ0v) is 17.2. The van der Waals surface area contributed by atoms with Crippen molar-refractivity contribution >= 4 is 55.4 Å². The quantitative estimate of drug-likeness (QED) is 0.278. The fraction of sp³-hybridized carbons (Fsp3) is 0.0714. The van der Waals surface area contributed by atoms with Gasteiger partial charge in [0.25, 0.3) is 0 Å². The molecule has 5 aromatic rings. The molecule has 4 aromatic carbocycles. The van der Waals surface area contributed by atoms with Crippen LogP contribution in [0.15, 0.2) is 97.1 Å². The number of hydrogen-bond acceptors (Lipinski definition) is 0. The smallest absolute Gasteiger partial charge is 0.0616 e. The summed E-state index contributed by atoms with van der Waals surface area (Å²) in [6.07, 6.45) is 6.59. The molecule has 0 unspecified atom stereocenters. The van der Waals surface area contributed by atoms with Gasteiger partial charge in [-0.2, -0.15) is 0 Å². The molecule has 0 saturated heterocycles. The molecule has 1 aliphatic carbocycles.